The van der Waals surface area contributed by atoms with Gasteiger partial charge in [-0.25, -0.2) is 8.42 Å². The number of carbonyl (C=O) groups is 1. The molecule has 1 amide bonds. The Labute approximate surface area is 136 Å². The minimum Gasteiger partial charge on any atom is -0.342 e. The molecule has 0 spiro atoms. The molecule has 0 unspecified atom stereocenters. The van der Waals surface area contributed by atoms with E-state index in [-0.39, 0.29) is 22.8 Å². The van der Waals surface area contributed by atoms with E-state index in [2.05, 4.69) is 18.4 Å². The van der Waals surface area contributed by atoms with E-state index in [4.69, 9.17) is 0 Å². The summed E-state index contributed by atoms with van der Waals surface area (Å²) in [6, 6.07) is 2.11. The second-order valence-electron chi connectivity index (χ2n) is 6.39. The molecule has 3 rings (SSSR count). The summed E-state index contributed by atoms with van der Waals surface area (Å²) in [7, 11) is -2.96. The van der Waals surface area contributed by atoms with Crippen LogP contribution in [-0.4, -0.2) is 43.3 Å². The van der Waals surface area contributed by atoms with Gasteiger partial charge in [-0.1, -0.05) is 6.92 Å². The van der Waals surface area contributed by atoms with Gasteiger partial charge in [-0.15, -0.1) is 11.3 Å². The van der Waals surface area contributed by atoms with Gasteiger partial charge in [0, 0.05) is 35.6 Å². The van der Waals surface area contributed by atoms with Crippen LogP contribution in [0.25, 0.3) is 0 Å². The molecule has 1 saturated heterocycles. The monoisotopic (exact) mass is 341 g/mol. The first-order chi connectivity index (χ1) is 10.4. The number of aryl methyl sites for hydroxylation is 1. The van der Waals surface area contributed by atoms with Gasteiger partial charge in [0.1, 0.15) is 0 Å². The van der Waals surface area contributed by atoms with Crippen molar-refractivity contribution in [2.45, 2.75) is 44.3 Å². The zero-order chi connectivity index (χ0) is 15.9. The molecule has 22 heavy (non-hydrogen) atoms. The molecule has 122 valence electrons. The van der Waals surface area contributed by atoms with Gasteiger partial charge in [0.05, 0.1) is 5.25 Å². The number of hydrogen-bond acceptors (Lipinski definition) is 4. The Balaban J connectivity index is 1.57. The number of hydrogen-bond donors (Lipinski definition) is 0. The van der Waals surface area contributed by atoms with E-state index in [0.29, 0.717) is 31.8 Å². The van der Waals surface area contributed by atoms with E-state index in [1.807, 2.05) is 4.90 Å². The van der Waals surface area contributed by atoms with Crippen LogP contribution >= 0.6 is 11.3 Å². The zero-order valence-electron chi connectivity index (χ0n) is 13.1. The Morgan fingerprint density at radius 1 is 1.36 bits per heavy atom. The normalized spacial score (nSPS) is 26.2. The average molecular weight is 341 g/mol. The number of thiophene rings is 1. The number of rotatable bonds is 4. The van der Waals surface area contributed by atoms with Crippen molar-refractivity contribution in [2.24, 2.45) is 5.92 Å². The predicted octanol–water partition coefficient (Wildman–Crippen LogP) is 2.59. The number of carbonyl (C=O) groups excluding carboxylic acids is 1. The molecule has 1 aliphatic heterocycles. The van der Waals surface area contributed by atoms with Gasteiger partial charge in [0.15, 0.2) is 9.84 Å². The Hall–Kier alpha value is -0.880. The molecular formula is C16H23NO3S2. The van der Waals surface area contributed by atoms with Crippen molar-refractivity contribution in [3.05, 3.63) is 21.9 Å². The maximum absolute atomic E-state index is 12.6. The SMILES string of the molecule is CCS(=O)(=O)C1CCN(C(=O)[C@H]2C[C@@H]2c2sccc2C)CC1. The number of piperidine rings is 1. The molecule has 6 heteroatoms. The lowest BCUT2D eigenvalue weighted by molar-refractivity contribution is -0.133. The molecule has 0 bridgehead atoms. The third-order valence-corrected chi connectivity index (χ3v) is 8.45. The lowest BCUT2D eigenvalue weighted by atomic mass is 10.1. The Morgan fingerprint density at radius 3 is 2.59 bits per heavy atom. The number of sulfone groups is 1. The number of amides is 1. The van der Waals surface area contributed by atoms with Gasteiger partial charge in [-0.2, -0.15) is 0 Å². The van der Waals surface area contributed by atoms with Crippen LogP contribution in [0.4, 0.5) is 0 Å². The fourth-order valence-corrected chi connectivity index (χ4v) is 5.94. The highest BCUT2D eigenvalue weighted by atomic mass is 32.2. The van der Waals surface area contributed by atoms with Crippen LogP contribution in [0.3, 0.4) is 0 Å². The van der Waals surface area contributed by atoms with Crippen LogP contribution in [0.15, 0.2) is 11.4 Å². The van der Waals surface area contributed by atoms with Crippen LogP contribution in [0.2, 0.25) is 0 Å². The maximum Gasteiger partial charge on any atom is 0.226 e. The van der Waals surface area contributed by atoms with E-state index in [9.17, 15) is 13.2 Å². The van der Waals surface area contributed by atoms with Crippen LogP contribution in [0.1, 0.15) is 42.5 Å². The van der Waals surface area contributed by atoms with Gasteiger partial charge < -0.3 is 4.90 Å². The minimum absolute atomic E-state index is 0.122. The molecular weight excluding hydrogens is 318 g/mol. The second kappa shape index (κ2) is 5.96. The fourth-order valence-electron chi connectivity index (χ4n) is 3.43. The molecule has 4 nitrogen and oxygen atoms in total. The first-order valence-corrected chi connectivity index (χ1v) is 10.6. The summed E-state index contributed by atoms with van der Waals surface area (Å²) in [4.78, 5) is 15.8. The highest BCUT2D eigenvalue weighted by Crippen LogP contribution is 2.51. The van der Waals surface area contributed by atoms with Crippen molar-refractivity contribution in [3.63, 3.8) is 0 Å². The third-order valence-electron chi connectivity index (χ3n) is 5.01. The lowest BCUT2D eigenvalue weighted by Crippen LogP contribution is -2.43. The summed E-state index contributed by atoms with van der Waals surface area (Å²) in [6.45, 7) is 4.99. The quantitative estimate of drug-likeness (QED) is 0.846. The Morgan fingerprint density at radius 2 is 2.05 bits per heavy atom. The molecule has 0 radical (unpaired) electrons. The standard InChI is InChI=1S/C16H23NO3S2/c1-3-22(19,20)12-4-7-17(8-5-12)16(18)14-10-13(14)15-11(2)6-9-21-15/h6,9,12-14H,3-5,7-8,10H2,1-2H3/t13-,14-/m0/s1. The summed E-state index contributed by atoms with van der Waals surface area (Å²) in [5.74, 6) is 0.944. The van der Waals surface area contributed by atoms with E-state index in [1.54, 1.807) is 18.3 Å². The van der Waals surface area contributed by atoms with Gasteiger partial charge in [-0.3, -0.25) is 4.79 Å². The number of nitrogens with zero attached hydrogens (tertiary/aromatic N) is 1. The van der Waals surface area contributed by atoms with E-state index < -0.39 is 9.84 Å². The van der Waals surface area contributed by atoms with Crippen molar-refractivity contribution in [1.82, 2.24) is 4.90 Å². The van der Waals surface area contributed by atoms with Crippen LogP contribution in [-0.2, 0) is 14.6 Å². The summed E-state index contributed by atoms with van der Waals surface area (Å²) in [5.41, 5.74) is 1.29. The summed E-state index contributed by atoms with van der Waals surface area (Å²) < 4.78 is 23.8. The van der Waals surface area contributed by atoms with Crippen LogP contribution < -0.4 is 0 Å². The topological polar surface area (TPSA) is 54.5 Å². The van der Waals surface area contributed by atoms with Crippen LogP contribution in [0.5, 0.6) is 0 Å². The summed E-state index contributed by atoms with van der Waals surface area (Å²) in [5, 5.41) is 1.84. The van der Waals surface area contributed by atoms with E-state index in [0.717, 1.165) is 6.42 Å². The molecule has 1 aromatic rings. The van der Waals surface area contributed by atoms with Crippen molar-refractivity contribution in [1.29, 1.82) is 0 Å². The summed E-state index contributed by atoms with van der Waals surface area (Å²) in [6.07, 6.45) is 2.14. The van der Waals surface area contributed by atoms with Gasteiger partial charge in [0.25, 0.3) is 0 Å². The van der Waals surface area contributed by atoms with Crippen molar-refractivity contribution in [3.8, 4) is 0 Å². The lowest BCUT2D eigenvalue weighted by Gasteiger charge is -2.31. The smallest absolute Gasteiger partial charge is 0.226 e. The summed E-state index contributed by atoms with van der Waals surface area (Å²) >= 11 is 1.74. The predicted molar refractivity (Wildman–Crippen MR) is 89.0 cm³/mol. The highest BCUT2D eigenvalue weighted by molar-refractivity contribution is 7.92. The highest BCUT2D eigenvalue weighted by Gasteiger charge is 2.47. The minimum atomic E-state index is -2.96. The van der Waals surface area contributed by atoms with E-state index in [1.165, 1.54) is 10.4 Å². The van der Waals surface area contributed by atoms with Gasteiger partial charge in [0.2, 0.25) is 5.91 Å². The molecule has 2 atom stereocenters. The second-order valence-corrected chi connectivity index (χ2v) is 9.91. The van der Waals surface area contributed by atoms with Crippen molar-refractivity contribution < 1.29 is 13.2 Å². The molecule has 1 aromatic heterocycles. The molecule has 2 heterocycles. The fraction of sp³-hybridized carbons (Fsp3) is 0.688. The Kier molecular flexibility index (Phi) is 4.34. The maximum atomic E-state index is 12.6. The first kappa shape index (κ1) is 16.0. The van der Waals surface area contributed by atoms with Crippen molar-refractivity contribution in [2.75, 3.05) is 18.8 Å². The van der Waals surface area contributed by atoms with E-state index >= 15 is 0 Å². The molecule has 2 fully saturated rings. The van der Waals surface area contributed by atoms with Gasteiger partial charge >= 0.3 is 0 Å². The zero-order valence-corrected chi connectivity index (χ0v) is 14.8. The molecule has 2 aliphatic rings. The molecule has 0 aromatic carbocycles. The third kappa shape index (κ3) is 2.95. The number of likely N-dealkylation sites (tertiary alicyclic amines) is 1. The van der Waals surface area contributed by atoms with Crippen molar-refractivity contribution >= 4 is 27.1 Å². The first-order valence-electron chi connectivity index (χ1n) is 7.98. The molecule has 0 N–H and O–H groups in total. The van der Waals surface area contributed by atoms with Crippen LogP contribution in [0, 0.1) is 12.8 Å². The average Bonchev–Trinajstić information content (AvgIpc) is 3.20. The molecule has 1 saturated carbocycles. The van der Waals surface area contributed by atoms with Gasteiger partial charge in [-0.05, 0) is 43.2 Å². The largest absolute Gasteiger partial charge is 0.342 e. The molecule has 1 aliphatic carbocycles. The Bertz CT molecular complexity index is 657.